The Kier molecular flexibility index (Phi) is 5.39. The standard InChI is InChI=1S/C11H18F3NO2/c1-2-4-15(8-11(12,13)14)6-10(16)9-3-5-17-7-9/h9H,2-8H2,1H3. The maximum absolute atomic E-state index is 12.3. The number of hydrogen-bond donors (Lipinski definition) is 0. The fourth-order valence-electron chi connectivity index (χ4n) is 1.92. The van der Waals surface area contributed by atoms with Crippen LogP contribution in [0, 0.1) is 5.92 Å². The van der Waals surface area contributed by atoms with E-state index in [2.05, 4.69) is 0 Å². The molecule has 100 valence electrons. The maximum Gasteiger partial charge on any atom is 0.401 e. The van der Waals surface area contributed by atoms with Crippen LogP contribution in [0.1, 0.15) is 19.8 Å². The summed E-state index contributed by atoms with van der Waals surface area (Å²) in [5.41, 5.74) is 0. The van der Waals surface area contributed by atoms with Crippen molar-refractivity contribution in [1.82, 2.24) is 4.90 Å². The minimum atomic E-state index is -4.25. The third-order valence-corrected chi connectivity index (χ3v) is 2.71. The molecular weight excluding hydrogens is 235 g/mol. The number of Topliss-reactive ketones (excluding diaryl/α,β-unsaturated/α-hetero) is 1. The smallest absolute Gasteiger partial charge is 0.381 e. The lowest BCUT2D eigenvalue weighted by Gasteiger charge is -2.23. The zero-order valence-electron chi connectivity index (χ0n) is 9.92. The van der Waals surface area contributed by atoms with Crippen LogP contribution < -0.4 is 0 Å². The zero-order valence-corrected chi connectivity index (χ0v) is 9.92. The van der Waals surface area contributed by atoms with Gasteiger partial charge in [-0.05, 0) is 19.4 Å². The first-order valence-corrected chi connectivity index (χ1v) is 5.82. The van der Waals surface area contributed by atoms with E-state index in [1.807, 2.05) is 0 Å². The molecule has 0 amide bonds. The predicted molar refractivity (Wildman–Crippen MR) is 56.7 cm³/mol. The van der Waals surface area contributed by atoms with Crippen LogP contribution in [-0.2, 0) is 9.53 Å². The normalized spacial score (nSPS) is 21.1. The molecule has 6 heteroatoms. The summed E-state index contributed by atoms with van der Waals surface area (Å²) in [4.78, 5) is 12.9. The van der Waals surface area contributed by atoms with E-state index in [4.69, 9.17) is 4.74 Å². The number of ether oxygens (including phenoxy) is 1. The van der Waals surface area contributed by atoms with E-state index >= 15 is 0 Å². The number of rotatable bonds is 6. The molecule has 1 rings (SSSR count). The summed E-state index contributed by atoms with van der Waals surface area (Å²) in [7, 11) is 0. The molecule has 0 saturated carbocycles. The Morgan fingerprint density at radius 3 is 2.65 bits per heavy atom. The van der Waals surface area contributed by atoms with Crippen molar-refractivity contribution in [3.05, 3.63) is 0 Å². The van der Waals surface area contributed by atoms with Gasteiger partial charge in [-0.15, -0.1) is 0 Å². The minimum Gasteiger partial charge on any atom is -0.381 e. The number of halogens is 3. The predicted octanol–water partition coefficient (Wildman–Crippen LogP) is 1.87. The summed E-state index contributed by atoms with van der Waals surface area (Å²) in [6.45, 7) is 1.83. The second kappa shape index (κ2) is 6.35. The summed E-state index contributed by atoms with van der Waals surface area (Å²) in [6, 6.07) is 0. The Labute approximate surface area is 98.9 Å². The Morgan fingerprint density at radius 2 is 2.18 bits per heavy atom. The van der Waals surface area contributed by atoms with Crippen molar-refractivity contribution in [3.8, 4) is 0 Å². The van der Waals surface area contributed by atoms with E-state index in [0.29, 0.717) is 32.6 Å². The van der Waals surface area contributed by atoms with Gasteiger partial charge in [0.05, 0.1) is 19.7 Å². The first-order valence-electron chi connectivity index (χ1n) is 5.82. The quantitative estimate of drug-likeness (QED) is 0.723. The summed E-state index contributed by atoms with van der Waals surface area (Å²) >= 11 is 0. The molecule has 0 aromatic carbocycles. The van der Waals surface area contributed by atoms with Crippen molar-refractivity contribution in [2.24, 2.45) is 5.92 Å². The molecule has 1 atom stereocenters. The summed E-state index contributed by atoms with van der Waals surface area (Å²) in [5.74, 6) is -0.359. The minimum absolute atomic E-state index is 0.124. The van der Waals surface area contributed by atoms with Gasteiger partial charge in [0.15, 0.2) is 5.78 Å². The lowest BCUT2D eigenvalue weighted by Crippen LogP contribution is -2.40. The Balaban J connectivity index is 2.44. The van der Waals surface area contributed by atoms with Crippen LogP contribution in [0.3, 0.4) is 0 Å². The van der Waals surface area contributed by atoms with Crippen molar-refractivity contribution >= 4 is 5.78 Å². The van der Waals surface area contributed by atoms with Crippen LogP contribution in [-0.4, -0.2) is 49.7 Å². The third-order valence-electron chi connectivity index (χ3n) is 2.71. The Morgan fingerprint density at radius 1 is 1.47 bits per heavy atom. The van der Waals surface area contributed by atoms with Gasteiger partial charge >= 0.3 is 6.18 Å². The van der Waals surface area contributed by atoms with Gasteiger partial charge in [0, 0.05) is 12.5 Å². The molecule has 1 heterocycles. The Hall–Kier alpha value is -0.620. The molecule has 0 aromatic heterocycles. The molecule has 0 aliphatic carbocycles. The molecule has 1 fully saturated rings. The van der Waals surface area contributed by atoms with Crippen molar-refractivity contribution in [2.75, 3.05) is 32.8 Å². The van der Waals surface area contributed by atoms with E-state index in [0.717, 1.165) is 0 Å². The van der Waals surface area contributed by atoms with Gasteiger partial charge in [-0.1, -0.05) is 6.92 Å². The number of ketones is 1. The highest BCUT2D eigenvalue weighted by Crippen LogP contribution is 2.18. The molecule has 0 N–H and O–H groups in total. The molecule has 1 aliphatic heterocycles. The second-order valence-corrected chi connectivity index (χ2v) is 4.35. The lowest BCUT2D eigenvalue weighted by atomic mass is 10.0. The van der Waals surface area contributed by atoms with Crippen LogP contribution in [0.2, 0.25) is 0 Å². The van der Waals surface area contributed by atoms with Gasteiger partial charge in [0.2, 0.25) is 0 Å². The van der Waals surface area contributed by atoms with E-state index < -0.39 is 12.7 Å². The molecule has 1 aliphatic rings. The summed E-state index contributed by atoms with van der Waals surface area (Å²) in [5, 5.41) is 0. The topological polar surface area (TPSA) is 29.5 Å². The Bertz CT molecular complexity index is 250. The van der Waals surface area contributed by atoms with Gasteiger partial charge in [0.1, 0.15) is 0 Å². The van der Waals surface area contributed by atoms with E-state index in [1.165, 1.54) is 4.90 Å². The van der Waals surface area contributed by atoms with Gasteiger partial charge < -0.3 is 4.74 Å². The number of hydrogen-bond acceptors (Lipinski definition) is 3. The molecule has 3 nitrogen and oxygen atoms in total. The van der Waals surface area contributed by atoms with E-state index in [9.17, 15) is 18.0 Å². The lowest BCUT2D eigenvalue weighted by molar-refractivity contribution is -0.149. The average molecular weight is 253 g/mol. The van der Waals surface area contributed by atoms with Gasteiger partial charge in [0.25, 0.3) is 0 Å². The van der Waals surface area contributed by atoms with Crippen LogP contribution >= 0.6 is 0 Å². The highest BCUT2D eigenvalue weighted by atomic mass is 19.4. The molecule has 0 aromatic rings. The van der Waals surface area contributed by atoms with Gasteiger partial charge in [-0.25, -0.2) is 0 Å². The van der Waals surface area contributed by atoms with Crippen LogP contribution in [0.5, 0.6) is 0 Å². The summed E-state index contributed by atoms with van der Waals surface area (Å²) in [6.07, 6.45) is -3.02. The molecule has 17 heavy (non-hydrogen) atoms. The molecule has 1 saturated heterocycles. The van der Waals surface area contributed by atoms with E-state index in [1.54, 1.807) is 6.92 Å². The highest BCUT2D eigenvalue weighted by molar-refractivity contribution is 5.83. The third kappa shape index (κ3) is 5.50. The second-order valence-electron chi connectivity index (χ2n) is 4.35. The summed E-state index contributed by atoms with van der Waals surface area (Å²) < 4.78 is 41.9. The van der Waals surface area contributed by atoms with Crippen LogP contribution in [0.15, 0.2) is 0 Å². The van der Waals surface area contributed by atoms with Gasteiger partial charge in [-0.3, -0.25) is 9.69 Å². The van der Waals surface area contributed by atoms with Crippen molar-refractivity contribution in [1.29, 1.82) is 0 Å². The largest absolute Gasteiger partial charge is 0.401 e. The number of carbonyl (C=O) groups is 1. The maximum atomic E-state index is 12.3. The van der Waals surface area contributed by atoms with Crippen LogP contribution in [0.4, 0.5) is 13.2 Å². The fraction of sp³-hybridized carbons (Fsp3) is 0.909. The van der Waals surface area contributed by atoms with Crippen molar-refractivity contribution in [3.63, 3.8) is 0 Å². The van der Waals surface area contributed by atoms with Gasteiger partial charge in [-0.2, -0.15) is 13.2 Å². The molecule has 0 spiro atoms. The number of alkyl halides is 3. The van der Waals surface area contributed by atoms with Crippen LogP contribution in [0.25, 0.3) is 0 Å². The van der Waals surface area contributed by atoms with Crippen molar-refractivity contribution in [2.45, 2.75) is 25.9 Å². The monoisotopic (exact) mass is 253 g/mol. The number of nitrogens with zero attached hydrogens (tertiary/aromatic N) is 1. The SMILES string of the molecule is CCCN(CC(=O)C1CCOC1)CC(F)(F)F. The van der Waals surface area contributed by atoms with E-state index in [-0.39, 0.29) is 18.2 Å². The molecule has 0 bridgehead atoms. The zero-order chi connectivity index (χ0) is 12.9. The van der Waals surface area contributed by atoms with Crippen molar-refractivity contribution < 1.29 is 22.7 Å². The fourth-order valence-corrected chi connectivity index (χ4v) is 1.92. The molecule has 0 radical (unpaired) electrons. The highest BCUT2D eigenvalue weighted by Gasteiger charge is 2.32. The first-order chi connectivity index (χ1) is 7.92. The first kappa shape index (κ1) is 14.4. The number of carbonyl (C=O) groups excluding carboxylic acids is 1. The molecular formula is C11H18F3NO2. The average Bonchev–Trinajstić information content (AvgIpc) is 2.67. The molecule has 1 unspecified atom stereocenters.